The number of carbonyl (C=O) groups is 1. The van der Waals surface area contributed by atoms with E-state index in [4.69, 9.17) is 4.52 Å². The molecule has 3 N–H and O–H groups in total. The summed E-state index contributed by atoms with van der Waals surface area (Å²) in [5.41, 5.74) is 0.610. The number of amides is 1. The van der Waals surface area contributed by atoms with Crippen LogP contribution in [0.5, 0.6) is 0 Å². The van der Waals surface area contributed by atoms with Crippen molar-refractivity contribution >= 4 is 11.7 Å². The number of aryl methyl sites for hydroxylation is 1. The van der Waals surface area contributed by atoms with Gasteiger partial charge in [0.15, 0.2) is 24.0 Å². The summed E-state index contributed by atoms with van der Waals surface area (Å²) in [6.45, 7) is 3.66. The minimum atomic E-state index is -0.893. The van der Waals surface area contributed by atoms with Gasteiger partial charge in [-0.3, -0.25) is 4.79 Å². The molecule has 21 heavy (non-hydrogen) atoms. The molecule has 0 aliphatic heterocycles. The first-order valence-corrected chi connectivity index (χ1v) is 6.47. The van der Waals surface area contributed by atoms with Gasteiger partial charge in [0.1, 0.15) is 11.8 Å². The average molecular weight is 296 g/mol. The molecule has 0 fully saturated rings. The van der Waals surface area contributed by atoms with Crippen LogP contribution >= 0.6 is 0 Å². The lowest BCUT2D eigenvalue weighted by molar-refractivity contribution is -0.682. The standard InChI is InChI=1S/C14H15F2N3O2/c1-8-5-13(19-21-8)18-14(20)7-17-9(2)10-3-4-11(15)12(16)6-10/h3-6,9,17H,7H2,1-2H3,(H,18,19,20)/p+1/t9-/m0/s1. The molecular formula is C14H16F2N3O2+. The SMILES string of the molecule is Cc1cc(NC(=O)C[NH2+][C@@H](C)c2ccc(F)c(F)c2)no1. The predicted octanol–water partition coefficient (Wildman–Crippen LogP) is 1.52. The Hall–Kier alpha value is -2.28. The van der Waals surface area contributed by atoms with E-state index >= 15 is 0 Å². The second-order valence-electron chi connectivity index (χ2n) is 4.77. The number of nitrogens with zero attached hydrogens (tertiary/aromatic N) is 1. The third-order valence-corrected chi connectivity index (χ3v) is 3.02. The highest BCUT2D eigenvalue weighted by Gasteiger charge is 2.14. The number of halogens is 2. The molecule has 1 aromatic heterocycles. The molecule has 0 aliphatic carbocycles. The molecule has 2 aromatic rings. The van der Waals surface area contributed by atoms with Crippen LogP contribution in [0.25, 0.3) is 0 Å². The van der Waals surface area contributed by atoms with E-state index in [-0.39, 0.29) is 18.5 Å². The van der Waals surface area contributed by atoms with Gasteiger partial charge >= 0.3 is 0 Å². The summed E-state index contributed by atoms with van der Waals surface area (Å²) >= 11 is 0. The maximum Gasteiger partial charge on any atom is 0.280 e. The number of hydrogen-bond acceptors (Lipinski definition) is 3. The Labute approximate surface area is 120 Å². The third kappa shape index (κ3) is 4.09. The van der Waals surface area contributed by atoms with E-state index in [0.717, 1.165) is 12.1 Å². The molecule has 1 aromatic carbocycles. The van der Waals surface area contributed by atoms with Crippen molar-refractivity contribution in [2.45, 2.75) is 19.9 Å². The topological polar surface area (TPSA) is 71.7 Å². The number of nitrogens with one attached hydrogen (secondary N) is 1. The van der Waals surface area contributed by atoms with Gasteiger partial charge in [-0.1, -0.05) is 5.16 Å². The fourth-order valence-electron chi connectivity index (χ4n) is 1.83. The van der Waals surface area contributed by atoms with E-state index in [1.165, 1.54) is 6.07 Å². The summed E-state index contributed by atoms with van der Waals surface area (Å²) in [5.74, 6) is -1.08. The van der Waals surface area contributed by atoms with E-state index in [2.05, 4.69) is 10.5 Å². The van der Waals surface area contributed by atoms with Gasteiger partial charge in [0.05, 0.1) is 0 Å². The van der Waals surface area contributed by atoms with Gasteiger partial charge in [-0.2, -0.15) is 0 Å². The van der Waals surface area contributed by atoms with E-state index < -0.39 is 11.6 Å². The minimum Gasteiger partial charge on any atom is -0.360 e. The Morgan fingerprint density at radius 3 is 2.76 bits per heavy atom. The van der Waals surface area contributed by atoms with Crippen LogP contribution in [-0.2, 0) is 4.79 Å². The molecule has 0 saturated carbocycles. The van der Waals surface area contributed by atoms with Gasteiger partial charge in [0, 0.05) is 11.6 Å². The normalized spacial score (nSPS) is 12.2. The summed E-state index contributed by atoms with van der Waals surface area (Å²) in [6, 6.07) is 5.14. The molecule has 5 nitrogen and oxygen atoms in total. The number of nitrogens with two attached hydrogens (primary N) is 1. The van der Waals surface area contributed by atoms with Gasteiger partial charge in [-0.05, 0) is 32.0 Å². The van der Waals surface area contributed by atoms with Crippen LogP contribution in [0.4, 0.5) is 14.6 Å². The molecule has 112 valence electrons. The van der Waals surface area contributed by atoms with Crippen molar-refractivity contribution in [2.24, 2.45) is 0 Å². The number of anilines is 1. The Balaban J connectivity index is 1.86. The minimum absolute atomic E-state index is 0.131. The lowest BCUT2D eigenvalue weighted by Gasteiger charge is -2.10. The molecule has 0 aliphatic rings. The maximum atomic E-state index is 13.1. The van der Waals surface area contributed by atoms with Crippen LogP contribution in [-0.4, -0.2) is 17.6 Å². The van der Waals surface area contributed by atoms with Crippen LogP contribution in [0.3, 0.4) is 0 Å². The number of benzene rings is 1. The molecule has 0 spiro atoms. The number of carbonyl (C=O) groups excluding carboxylic acids is 1. The highest BCUT2D eigenvalue weighted by molar-refractivity contribution is 5.90. The van der Waals surface area contributed by atoms with E-state index in [0.29, 0.717) is 17.1 Å². The van der Waals surface area contributed by atoms with Crippen molar-refractivity contribution in [3.05, 3.63) is 47.2 Å². The maximum absolute atomic E-state index is 13.1. The molecule has 1 heterocycles. The summed E-state index contributed by atoms with van der Waals surface area (Å²) in [6.07, 6.45) is 0. The summed E-state index contributed by atoms with van der Waals surface area (Å²) in [7, 11) is 0. The second kappa shape index (κ2) is 6.45. The largest absolute Gasteiger partial charge is 0.360 e. The Kier molecular flexibility index (Phi) is 4.64. The Bertz CT molecular complexity index is 643. The first-order chi connectivity index (χ1) is 9.95. The highest BCUT2D eigenvalue weighted by atomic mass is 19.2. The lowest BCUT2D eigenvalue weighted by Crippen LogP contribution is -2.86. The quantitative estimate of drug-likeness (QED) is 0.879. The Morgan fingerprint density at radius 1 is 1.38 bits per heavy atom. The molecular weight excluding hydrogens is 280 g/mol. The van der Waals surface area contributed by atoms with Gasteiger partial charge < -0.3 is 15.2 Å². The van der Waals surface area contributed by atoms with Crippen LogP contribution in [0.1, 0.15) is 24.3 Å². The smallest absolute Gasteiger partial charge is 0.280 e. The van der Waals surface area contributed by atoms with Crippen molar-refractivity contribution in [1.82, 2.24) is 5.16 Å². The van der Waals surface area contributed by atoms with Crippen molar-refractivity contribution in [3.63, 3.8) is 0 Å². The fraction of sp³-hybridized carbons (Fsp3) is 0.286. The molecule has 0 radical (unpaired) electrons. The zero-order valence-corrected chi connectivity index (χ0v) is 11.7. The molecule has 0 unspecified atom stereocenters. The Morgan fingerprint density at radius 2 is 2.14 bits per heavy atom. The molecule has 1 amide bonds. The first-order valence-electron chi connectivity index (χ1n) is 6.47. The molecule has 0 saturated heterocycles. The van der Waals surface area contributed by atoms with Crippen LogP contribution in [0.15, 0.2) is 28.8 Å². The molecule has 1 atom stereocenters. The van der Waals surface area contributed by atoms with Crippen molar-refractivity contribution in [1.29, 1.82) is 0 Å². The van der Waals surface area contributed by atoms with Gasteiger partial charge in [0.2, 0.25) is 0 Å². The fourth-order valence-corrected chi connectivity index (χ4v) is 1.83. The van der Waals surface area contributed by atoms with E-state index in [1.54, 1.807) is 25.2 Å². The van der Waals surface area contributed by atoms with Crippen LogP contribution in [0, 0.1) is 18.6 Å². The number of rotatable bonds is 5. The zero-order valence-electron chi connectivity index (χ0n) is 11.7. The van der Waals surface area contributed by atoms with Crippen molar-refractivity contribution in [2.75, 3.05) is 11.9 Å². The van der Waals surface area contributed by atoms with Crippen LogP contribution < -0.4 is 10.6 Å². The number of hydrogen-bond donors (Lipinski definition) is 2. The van der Waals surface area contributed by atoms with Crippen molar-refractivity contribution < 1.29 is 23.4 Å². The van der Waals surface area contributed by atoms with E-state index in [9.17, 15) is 13.6 Å². The monoisotopic (exact) mass is 296 g/mol. The first kappa shape index (κ1) is 15.1. The summed E-state index contributed by atoms with van der Waals surface area (Å²) < 4.78 is 30.8. The summed E-state index contributed by atoms with van der Waals surface area (Å²) in [4.78, 5) is 11.7. The third-order valence-electron chi connectivity index (χ3n) is 3.02. The van der Waals surface area contributed by atoms with Gasteiger partial charge in [0.25, 0.3) is 5.91 Å². The average Bonchev–Trinajstić information content (AvgIpc) is 2.84. The van der Waals surface area contributed by atoms with Gasteiger partial charge in [-0.15, -0.1) is 0 Å². The van der Waals surface area contributed by atoms with Crippen molar-refractivity contribution in [3.8, 4) is 0 Å². The molecule has 7 heteroatoms. The van der Waals surface area contributed by atoms with Crippen LogP contribution in [0.2, 0.25) is 0 Å². The number of quaternary nitrogens is 1. The molecule has 0 bridgehead atoms. The zero-order chi connectivity index (χ0) is 15.4. The second-order valence-corrected chi connectivity index (χ2v) is 4.77. The summed E-state index contributed by atoms with van der Waals surface area (Å²) in [5, 5.41) is 7.95. The molecule has 2 rings (SSSR count). The highest BCUT2D eigenvalue weighted by Crippen LogP contribution is 2.13. The lowest BCUT2D eigenvalue weighted by atomic mass is 10.1. The number of aromatic nitrogens is 1. The van der Waals surface area contributed by atoms with E-state index in [1.807, 2.05) is 0 Å². The van der Waals surface area contributed by atoms with Gasteiger partial charge in [-0.25, -0.2) is 8.78 Å². The predicted molar refractivity (Wildman–Crippen MR) is 71.4 cm³/mol.